The predicted molar refractivity (Wildman–Crippen MR) is 51.9 cm³/mol. The molecule has 3 aliphatic heterocycles. The highest BCUT2D eigenvalue weighted by molar-refractivity contribution is 5.35. The van der Waals surface area contributed by atoms with Gasteiger partial charge in [-0.15, -0.1) is 5.10 Å². The van der Waals surface area contributed by atoms with Crippen molar-refractivity contribution in [2.45, 2.75) is 36.8 Å². The molecule has 0 aromatic carbocycles. The Morgan fingerprint density at radius 2 is 2.26 bits per heavy atom. The second-order valence-electron chi connectivity index (χ2n) is 4.86. The Morgan fingerprint density at radius 1 is 1.47 bits per heavy atom. The molecule has 4 heterocycles. The Bertz CT molecular complexity index is 547. The number of aliphatic hydroxyl groups is 1. The molecule has 3 aliphatic rings. The predicted octanol–water partition coefficient (Wildman–Crippen LogP) is 0.0973. The summed E-state index contributed by atoms with van der Waals surface area (Å²) >= 11 is 0. The molecule has 19 heavy (non-hydrogen) atoms. The van der Waals surface area contributed by atoms with Crippen LogP contribution < -0.4 is 5.32 Å². The first kappa shape index (κ1) is 11.4. The fraction of sp³-hybridized carbons (Fsp3) is 0.778. The zero-order chi connectivity index (χ0) is 13.4. The van der Waals surface area contributed by atoms with Crippen LogP contribution in [0.4, 0.5) is 19.1 Å². The van der Waals surface area contributed by atoms with E-state index in [0.717, 1.165) is 4.68 Å². The number of nitrogens with one attached hydrogen (secondary N) is 1. The second kappa shape index (κ2) is 3.19. The zero-order valence-electron chi connectivity index (χ0n) is 9.39. The van der Waals surface area contributed by atoms with Crippen LogP contribution in [0.25, 0.3) is 0 Å². The van der Waals surface area contributed by atoms with Gasteiger partial charge in [0, 0.05) is 6.42 Å². The minimum absolute atomic E-state index is 0.116. The van der Waals surface area contributed by atoms with Gasteiger partial charge in [-0.1, -0.05) is 0 Å². The van der Waals surface area contributed by atoms with Crippen molar-refractivity contribution in [2.75, 3.05) is 11.9 Å². The number of alkyl halides is 3. The summed E-state index contributed by atoms with van der Waals surface area (Å²) in [6.45, 7) is 0.208. The number of anilines is 1. The Hall–Kier alpha value is -1.39. The van der Waals surface area contributed by atoms with Gasteiger partial charge in [0.25, 0.3) is 5.82 Å². The molecule has 0 aliphatic carbocycles. The minimum Gasteiger partial charge on any atom is -0.366 e. The van der Waals surface area contributed by atoms with Gasteiger partial charge in [-0.05, 0) is 0 Å². The van der Waals surface area contributed by atoms with Crippen molar-refractivity contribution in [2.24, 2.45) is 0 Å². The third-order valence-electron chi connectivity index (χ3n) is 3.58. The average Bonchev–Trinajstić information content (AvgIpc) is 2.89. The number of ether oxygens (including phenoxy) is 2. The lowest BCUT2D eigenvalue weighted by atomic mass is 9.95. The quantitative estimate of drug-likeness (QED) is 0.700. The molecule has 1 aromatic rings. The fourth-order valence-corrected chi connectivity index (χ4v) is 2.73. The van der Waals surface area contributed by atoms with Crippen LogP contribution in [0.1, 0.15) is 18.3 Å². The van der Waals surface area contributed by atoms with Crippen molar-refractivity contribution in [1.29, 1.82) is 0 Å². The van der Waals surface area contributed by atoms with Crippen molar-refractivity contribution in [3.05, 3.63) is 5.82 Å². The van der Waals surface area contributed by atoms with Gasteiger partial charge in [-0.3, -0.25) is 0 Å². The number of hydrogen-bond donors (Lipinski definition) is 2. The van der Waals surface area contributed by atoms with Crippen LogP contribution in [0.5, 0.6) is 0 Å². The van der Waals surface area contributed by atoms with Crippen molar-refractivity contribution < 1.29 is 27.8 Å². The molecular formula is C9H9F3N4O3. The number of halogens is 3. The number of fused-ring (bicyclic) bond motifs is 8. The van der Waals surface area contributed by atoms with Crippen LogP contribution in [-0.2, 0) is 15.7 Å². The monoisotopic (exact) mass is 278 g/mol. The van der Waals surface area contributed by atoms with Crippen molar-refractivity contribution in [1.82, 2.24) is 14.8 Å². The van der Waals surface area contributed by atoms with Crippen molar-refractivity contribution >= 4 is 5.95 Å². The largest absolute Gasteiger partial charge is 0.453 e. The SMILES string of the molecule is OC12CC(C3COC1O3)n1nc(C(F)(F)F)nc1N2. The lowest BCUT2D eigenvalue weighted by Gasteiger charge is -2.44. The molecule has 4 atom stereocenters. The van der Waals surface area contributed by atoms with Crippen molar-refractivity contribution in [3.8, 4) is 0 Å². The molecule has 10 heteroatoms. The molecule has 7 nitrogen and oxygen atoms in total. The Kier molecular flexibility index (Phi) is 1.92. The van der Waals surface area contributed by atoms with E-state index in [1.165, 1.54) is 0 Å². The maximum atomic E-state index is 12.6. The number of aromatic nitrogens is 3. The summed E-state index contributed by atoms with van der Waals surface area (Å²) in [7, 11) is 0. The highest BCUT2D eigenvalue weighted by Gasteiger charge is 2.58. The smallest absolute Gasteiger partial charge is 0.366 e. The van der Waals surface area contributed by atoms with E-state index < -0.39 is 36.2 Å². The maximum Gasteiger partial charge on any atom is 0.453 e. The lowest BCUT2D eigenvalue weighted by Crippen LogP contribution is -2.58. The molecule has 0 amide bonds. The number of hydrogen-bond acceptors (Lipinski definition) is 6. The van der Waals surface area contributed by atoms with Gasteiger partial charge in [0.05, 0.1) is 12.6 Å². The van der Waals surface area contributed by atoms with Crippen LogP contribution >= 0.6 is 0 Å². The molecule has 0 saturated carbocycles. The average molecular weight is 278 g/mol. The van der Waals surface area contributed by atoms with Crippen LogP contribution in [0, 0.1) is 0 Å². The van der Waals surface area contributed by atoms with E-state index in [0.29, 0.717) is 0 Å². The van der Waals surface area contributed by atoms with Crippen LogP contribution in [0.3, 0.4) is 0 Å². The first-order chi connectivity index (χ1) is 8.87. The second-order valence-corrected chi connectivity index (χ2v) is 4.86. The Balaban J connectivity index is 1.82. The van der Waals surface area contributed by atoms with Gasteiger partial charge in [-0.2, -0.15) is 18.2 Å². The van der Waals surface area contributed by atoms with E-state index in [9.17, 15) is 18.3 Å². The normalized spacial score (nSPS) is 39.9. The van der Waals surface area contributed by atoms with Crippen LogP contribution in [-0.4, -0.2) is 44.6 Å². The van der Waals surface area contributed by atoms with E-state index >= 15 is 0 Å². The Morgan fingerprint density at radius 3 is 3.00 bits per heavy atom. The molecule has 104 valence electrons. The highest BCUT2D eigenvalue weighted by Crippen LogP contribution is 2.45. The topological polar surface area (TPSA) is 81.4 Å². The van der Waals surface area contributed by atoms with Crippen LogP contribution in [0.2, 0.25) is 0 Å². The highest BCUT2D eigenvalue weighted by atomic mass is 19.4. The Labute approximate surface area is 104 Å². The van der Waals surface area contributed by atoms with Gasteiger partial charge in [-0.25, -0.2) is 4.68 Å². The fourth-order valence-electron chi connectivity index (χ4n) is 2.73. The number of rotatable bonds is 0. The van der Waals surface area contributed by atoms with E-state index in [4.69, 9.17) is 9.47 Å². The summed E-state index contributed by atoms with van der Waals surface area (Å²) in [6.07, 6.45) is -5.78. The van der Waals surface area contributed by atoms with Gasteiger partial charge >= 0.3 is 6.18 Å². The van der Waals surface area contributed by atoms with Gasteiger partial charge < -0.3 is 19.9 Å². The third-order valence-corrected chi connectivity index (χ3v) is 3.58. The first-order valence-electron chi connectivity index (χ1n) is 5.68. The summed E-state index contributed by atoms with van der Waals surface area (Å²) < 4.78 is 49.6. The van der Waals surface area contributed by atoms with Gasteiger partial charge in [0.1, 0.15) is 6.10 Å². The van der Waals surface area contributed by atoms with Gasteiger partial charge in [0.2, 0.25) is 12.2 Å². The van der Waals surface area contributed by atoms with E-state index in [1.54, 1.807) is 0 Å². The van der Waals surface area contributed by atoms with Crippen LogP contribution in [0.15, 0.2) is 0 Å². The maximum absolute atomic E-state index is 12.6. The molecule has 0 radical (unpaired) electrons. The summed E-state index contributed by atoms with van der Waals surface area (Å²) in [5.41, 5.74) is -1.57. The van der Waals surface area contributed by atoms with E-state index in [1.807, 2.05) is 0 Å². The van der Waals surface area contributed by atoms with Gasteiger partial charge in [0.15, 0.2) is 5.72 Å². The molecular weight excluding hydrogens is 269 g/mol. The lowest BCUT2D eigenvalue weighted by molar-refractivity contribution is -0.215. The summed E-state index contributed by atoms with van der Waals surface area (Å²) in [6, 6.07) is -0.524. The molecule has 4 rings (SSSR count). The molecule has 0 spiro atoms. The molecule has 4 bridgehead atoms. The summed E-state index contributed by atoms with van der Waals surface area (Å²) in [5.74, 6) is -1.35. The van der Waals surface area contributed by atoms with E-state index in [-0.39, 0.29) is 19.0 Å². The summed E-state index contributed by atoms with van der Waals surface area (Å²) in [5, 5.41) is 16.3. The first-order valence-corrected chi connectivity index (χ1v) is 5.68. The summed E-state index contributed by atoms with van der Waals surface area (Å²) in [4.78, 5) is 3.39. The third kappa shape index (κ3) is 1.44. The number of nitrogens with zero attached hydrogens (tertiary/aromatic N) is 3. The minimum atomic E-state index is -4.63. The molecule has 1 aromatic heterocycles. The van der Waals surface area contributed by atoms with E-state index in [2.05, 4.69) is 15.4 Å². The zero-order valence-corrected chi connectivity index (χ0v) is 9.39. The molecule has 4 unspecified atom stereocenters. The standard InChI is InChI=1S/C9H9F3N4O3/c10-9(11,12)5-13-7-14-8(17)1-3(16(7)15-5)4-2-18-6(8)19-4/h3-4,6,17H,1-2H2,(H,13,14,15). The molecule has 2 N–H and O–H groups in total. The molecule has 2 saturated heterocycles. The molecule has 2 fully saturated rings. The van der Waals surface area contributed by atoms with Crippen molar-refractivity contribution in [3.63, 3.8) is 0 Å².